The van der Waals surface area contributed by atoms with Crippen LogP contribution in [-0.4, -0.2) is 35.6 Å². The lowest BCUT2D eigenvalue weighted by Crippen LogP contribution is -2.08. The van der Waals surface area contributed by atoms with Crippen LogP contribution in [0.2, 0.25) is 0 Å². The zero-order valence-corrected chi connectivity index (χ0v) is 13.3. The molecule has 0 fully saturated rings. The van der Waals surface area contributed by atoms with Gasteiger partial charge in [-0.05, 0) is 24.3 Å². The predicted molar refractivity (Wildman–Crippen MR) is 88.2 cm³/mol. The number of aromatic nitrogens is 6. The highest BCUT2D eigenvalue weighted by molar-refractivity contribution is 5.76. The van der Waals surface area contributed by atoms with Crippen LogP contribution < -0.4 is 0 Å². The largest absolute Gasteiger partial charge is 0.323 e. The Hall–Kier alpha value is -3.67. The first-order chi connectivity index (χ1) is 12.7. The van der Waals surface area contributed by atoms with E-state index in [0.29, 0.717) is 28.3 Å². The maximum atomic E-state index is 13.0. The zero-order chi connectivity index (χ0) is 18.1. The summed E-state index contributed by atoms with van der Waals surface area (Å²) < 4.78 is 28.7. The summed E-state index contributed by atoms with van der Waals surface area (Å²) in [4.78, 5) is 12.4. The van der Waals surface area contributed by atoms with E-state index in [0.717, 1.165) is 0 Å². The predicted octanol–water partition coefficient (Wildman–Crippen LogP) is 2.79. The number of hydrogen-bond donors (Lipinski definition) is 0. The summed E-state index contributed by atoms with van der Waals surface area (Å²) in [6.07, 6.45) is 3.44. The van der Waals surface area contributed by atoms with Gasteiger partial charge in [-0.3, -0.25) is 4.98 Å². The molecule has 7 nitrogen and oxygen atoms in total. The number of nitrogens with zero attached hydrogens (tertiary/aromatic N) is 7. The molecule has 0 atom stereocenters. The highest BCUT2D eigenvalue weighted by atomic mass is 19.3. The summed E-state index contributed by atoms with van der Waals surface area (Å²) in [5.74, 6) is 0. The Bertz CT molecular complexity index is 1110. The van der Waals surface area contributed by atoms with Crippen molar-refractivity contribution in [1.29, 1.82) is 5.26 Å². The summed E-state index contributed by atoms with van der Waals surface area (Å²) >= 11 is 0. The molecule has 0 aromatic carbocycles. The van der Waals surface area contributed by atoms with E-state index in [9.17, 15) is 14.0 Å². The Kier molecular flexibility index (Phi) is 3.85. The summed E-state index contributed by atoms with van der Waals surface area (Å²) in [5, 5.41) is 13.6. The lowest BCUT2D eigenvalue weighted by Gasteiger charge is -2.10. The molecule has 0 bridgehead atoms. The fourth-order valence-corrected chi connectivity index (χ4v) is 2.73. The maximum Gasteiger partial charge on any atom is 0.256 e. The van der Waals surface area contributed by atoms with Gasteiger partial charge in [0.05, 0.1) is 30.5 Å². The van der Waals surface area contributed by atoms with Crippen LogP contribution in [0.15, 0.2) is 49.2 Å². The molecule has 0 saturated carbocycles. The molecule has 0 amide bonds. The van der Waals surface area contributed by atoms with Crippen LogP contribution in [0.1, 0.15) is 5.69 Å². The lowest BCUT2D eigenvalue weighted by atomic mass is 10.1. The number of alkyl halides is 2. The molecule has 26 heavy (non-hydrogen) atoms. The average molecular weight is 351 g/mol. The van der Waals surface area contributed by atoms with Crippen LogP contribution in [0.5, 0.6) is 0 Å². The topological polar surface area (TPSA) is 84.7 Å². The van der Waals surface area contributed by atoms with Gasteiger partial charge in [0.2, 0.25) is 0 Å². The quantitative estimate of drug-likeness (QED) is 0.564. The van der Waals surface area contributed by atoms with Gasteiger partial charge in [0.15, 0.2) is 11.3 Å². The number of nitriles is 1. The SMILES string of the molecule is N#Cc1cnc2ccc(-c3c(-c4cccnc4)ncn3CC(F)F)nn12. The molecule has 0 spiro atoms. The van der Waals surface area contributed by atoms with Crippen molar-refractivity contribution in [2.75, 3.05) is 0 Å². The van der Waals surface area contributed by atoms with Crippen LogP contribution in [-0.2, 0) is 6.54 Å². The third-order valence-corrected chi connectivity index (χ3v) is 3.83. The smallest absolute Gasteiger partial charge is 0.256 e. The van der Waals surface area contributed by atoms with Gasteiger partial charge in [0.25, 0.3) is 6.43 Å². The van der Waals surface area contributed by atoms with Crippen LogP contribution in [0, 0.1) is 11.3 Å². The van der Waals surface area contributed by atoms with Crippen LogP contribution in [0.3, 0.4) is 0 Å². The van der Waals surface area contributed by atoms with E-state index >= 15 is 0 Å². The monoisotopic (exact) mass is 351 g/mol. The lowest BCUT2D eigenvalue weighted by molar-refractivity contribution is 0.127. The molecular formula is C17H11F2N7. The second-order valence-electron chi connectivity index (χ2n) is 5.47. The van der Waals surface area contributed by atoms with Gasteiger partial charge < -0.3 is 4.57 Å². The van der Waals surface area contributed by atoms with Gasteiger partial charge in [-0.15, -0.1) is 0 Å². The first-order valence-electron chi connectivity index (χ1n) is 7.66. The summed E-state index contributed by atoms with van der Waals surface area (Å²) in [7, 11) is 0. The molecule has 4 rings (SSSR count). The summed E-state index contributed by atoms with van der Waals surface area (Å²) in [6, 6.07) is 8.88. The molecule has 0 aliphatic rings. The summed E-state index contributed by atoms with van der Waals surface area (Å²) in [5.41, 5.74) is 2.76. The van der Waals surface area contributed by atoms with Crippen molar-refractivity contribution in [1.82, 2.24) is 29.1 Å². The van der Waals surface area contributed by atoms with Gasteiger partial charge >= 0.3 is 0 Å². The second kappa shape index (κ2) is 6.33. The maximum absolute atomic E-state index is 13.0. The number of halogens is 2. The van der Waals surface area contributed by atoms with Crippen molar-refractivity contribution in [3.8, 4) is 28.7 Å². The molecule has 0 radical (unpaired) electrons. The average Bonchev–Trinajstić information content (AvgIpc) is 3.25. The number of imidazole rings is 2. The van der Waals surface area contributed by atoms with Gasteiger partial charge in [0, 0.05) is 18.0 Å². The van der Waals surface area contributed by atoms with Crippen LogP contribution in [0.4, 0.5) is 8.78 Å². The molecule has 4 aromatic heterocycles. The van der Waals surface area contributed by atoms with E-state index in [1.54, 1.807) is 36.7 Å². The van der Waals surface area contributed by atoms with E-state index in [-0.39, 0.29) is 5.69 Å². The molecule has 9 heteroatoms. The van der Waals surface area contributed by atoms with Crippen LogP contribution >= 0.6 is 0 Å². The van der Waals surface area contributed by atoms with E-state index in [1.165, 1.54) is 21.6 Å². The molecule has 0 unspecified atom stereocenters. The van der Waals surface area contributed by atoms with Crippen molar-refractivity contribution in [3.63, 3.8) is 0 Å². The molecule has 0 saturated heterocycles. The molecule has 4 aromatic rings. The minimum Gasteiger partial charge on any atom is -0.323 e. The number of fused-ring (bicyclic) bond motifs is 1. The highest BCUT2D eigenvalue weighted by Gasteiger charge is 2.19. The van der Waals surface area contributed by atoms with E-state index in [1.807, 2.05) is 6.07 Å². The van der Waals surface area contributed by atoms with Gasteiger partial charge in [0.1, 0.15) is 11.8 Å². The highest BCUT2D eigenvalue weighted by Crippen LogP contribution is 2.30. The standard InChI is InChI=1S/C17H11F2N7/c18-14(19)9-25-10-23-16(11-2-1-5-21-7-11)17(25)13-3-4-15-22-8-12(6-20)26(15)24-13/h1-5,7-8,10,14H,9H2. The first kappa shape index (κ1) is 15.8. The minimum absolute atomic E-state index is 0.254. The number of pyridine rings is 1. The Morgan fingerprint density at radius 2 is 2.04 bits per heavy atom. The third kappa shape index (κ3) is 2.67. The molecular weight excluding hydrogens is 340 g/mol. The van der Waals surface area contributed by atoms with E-state index in [2.05, 4.69) is 20.1 Å². The fourth-order valence-electron chi connectivity index (χ4n) is 2.73. The first-order valence-corrected chi connectivity index (χ1v) is 7.66. The Morgan fingerprint density at radius 3 is 2.77 bits per heavy atom. The van der Waals surface area contributed by atoms with Crippen molar-refractivity contribution in [3.05, 3.63) is 54.9 Å². The molecule has 4 heterocycles. The van der Waals surface area contributed by atoms with Crippen LogP contribution in [0.25, 0.3) is 28.3 Å². The zero-order valence-electron chi connectivity index (χ0n) is 13.3. The van der Waals surface area contributed by atoms with E-state index in [4.69, 9.17) is 0 Å². The molecule has 0 aliphatic heterocycles. The fraction of sp³-hybridized carbons (Fsp3) is 0.118. The molecule has 128 valence electrons. The normalized spacial score (nSPS) is 11.2. The van der Waals surface area contributed by atoms with Crippen molar-refractivity contribution in [2.45, 2.75) is 13.0 Å². The molecule has 0 aliphatic carbocycles. The van der Waals surface area contributed by atoms with Crippen molar-refractivity contribution in [2.24, 2.45) is 0 Å². The second-order valence-corrected chi connectivity index (χ2v) is 5.47. The van der Waals surface area contributed by atoms with Crippen molar-refractivity contribution < 1.29 is 8.78 Å². The summed E-state index contributed by atoms with van der Waals surface area (Å²) in [6.45, 7) is -0.517. The van der Waals surface area contributed by atoms with Gasteiger partial charge in [-0.2, -0.15) is 10.4 Å². The van der Waals surface area contributed by atoms with Gasteiger partial charge in [-0.1, -0.05) is 0 Å². The minimum atomic E-state index is -2.55. The van der Waals surface area contributed by atoms with Gasteiger partial charge in [-0.25, -0.2) is 23.3 Å². The van der Waals surface area contributed by atoms with E-state index < -0.39 is 13.0 Å². The Labute approximate surface area is 146 Å². The Balaban J connectivity index is 1.94. The molecule has 0 N–H and O–H groups in total. The number of rotatable bonds is 4. The van der Waals surface area contributed by atoms with Crippen molar-refractivity contribution >= 4 is 5.65 Å². The Morgan fingerprint density at radius 1 is 1.15 bits per heavy atom. The number of hydrogen-bond acceptors (Lipinski definition) is 5. The third-order valence-electron chi connectivity index (χ3n) is 3.83.